The second-order valence-corrected chi connectivity index (χ2v) is 31.8. The van der Waals surface area contributed by atoms with E-state index in [1.807, 2.05) is 0 Å². The molecule has 0 aliphatic carbocycles. The normalized spacial score (nSPS) is 14.3. The Morgan fingerprint density at radius 1 is 0.302 bits per heavy atom. The van der Waals surface area contributed by atoms with E-state index in [1.54, 1.807) is 0 Å². The van der Waals surface area contributed by atoms with Crippen LogP contribution in [0.2, 0.25) is 0 Å². The first-order valence-electron chi connectivity index (χ1n) is 39.9. The fraction of sp³-hybridized carbons (Fsp3) is 0.948. The molecule has 0 aromatic rings. The lowest BCUT2D eigenvalue weighted by molar-refractivity contribution is -0.161. The van der Waals surface area contributed by atoms with Crippen LogP contribution in [0.3, 0.4) is 0 Å². The van der Waals surface area contributed by atoms with Gasteiger partial charge in [0.1, 0.15) is 19.3 Å². The third-order valence-corrected chi connectivity index (χ3v) is 20.1. The van der Waals surface area contributed by atoms with Crippen molar-refractivity contribution in [2.75, 3.05) is 39.6 Å². The van der Waals surface area contributed by atoms with Crippen molar-refractivity contribution in [2.24, 2.45) is 17.8 Å². The van der Waals surface area contributed by atoms with Gasteiger partial charge in [-0.25, -0.2) is 9.13 Å². The van der Waals surface area contributed by atoms with Crippen molar-refractivity contribution in [1.82, 2.24) is 0 Å². The third-order valence-electron chi connectivity index (χ3n) is 18.2. The topological polar surface area (TPSA) is 237 Å². The molecule has 0 aliphatic heterocycles. The fourth-order valence-electron chi connectivity index (χ4n) is 11.7. The summed E-state index contributed by atoms with van der Waals surface area (Å²) in [7, 11) is -9.91. The fourth-order valence-corrected chi connectivity index (χ4v) is 13.3. The number of carbonyl (C=O) groups is 4. The van der Waals surface area contributed by atoms with Crippen LogP contribution in [-0.4, -0.2) is 96.7 Å². The minimum atomic E-state index is -4.96. The number of unbranched alkanes of at least 4 members (excludes halogenated alkanes) is 42. The predicted octanol–water partition coefficient (Wildman–Crippen LogP) is 22.6. The maximum Gasteiger partial charge on any atom is 0.472 e. The number of aliphatic hydroxyl groups is 1. The monoisotopic (exact) mass is 1410 g/mol. The highest BCUT2D eigenvalue weighted by molar-refractivity contribution is 7.47. The summed E-state index contributed by atoms with van der Waals surface area (Å²) in [6, 6.07) is 0. The minimum Gasteiger partial charge on any atom is -0.462 e. The Hall–Kier alpha value is -1.94. The molecule has 0 saturated heterocycles. The number of ether oxygens (including phenoxy) is 4. The van der Waals surface area contributed by atoms with Gasteiger partial charge in [0.2, 0.25) is 0 Å². The van der Waals surface area contributed by atoms with Crippen LogP contribution in [-0.2, 0) is 65.4 Å². The van der Waals surface area contributed by atoms with Crippen LogP contribution < -0.4 is 0 Å². The highest BCUT2D eigenvalue weighted by atomic mass is 31.2. The minimum absolute atomic E-state index is 0.104. The number of rotatable bonds is 75. The zero-order chi connectivity index (χ0) is 70.9. The molecule has 0 fully saturated rings. The average molecular weight is 1410 g/mol. The van der Waals surface area contributed by atoms with E-state index in [-0.39, 0.29) is 25.7 Å². The Morgan fingerprint density at radius 2 is 0.531 bits per heavy atom. The van der Waals surface area contributed by atoms with Crippen molar-refractivity contribution >= 4 is 39.5 Å². The number of hydrogen-bond acceptors (Lipinski definition) is 15. The Labute approximate surface area is 588 Å². The van der Waals surface area contributed by atoms with Crippen molar-refractivity contribution in [3.8, 4) is 0 Å². The lowest BCUT2D eigenvalue weighted by Gasteiger charge is -2.21. The molecule has 0 saturated carbocycles. The number of aliphatic hydroxyl groups excluding tert-OH is 1. The molecule has 0 bridgehead atoms. The van der Waals surface area contributed by atoms with Crippen LogP contribution in [0.5, 0.6) is 0 Å². The standard InChI is InChI=1S/C77H150O17P2/c1-8-10-11-12-13-14-15-16-19-23-26-31-36-44-51-58-74(79)87-64-72(93-76(81)60-53-46-37-32-27-24-21-18-17-20-22-25-29-34-41-48-55-68(3)4)66-91-95(83,84)89-62-71(78)63-90-96(85,86)92-67-73(65-88-75(80)59-52-45-40-39-43-50-57-70(7)9-2)94-77(82)61-54-47-38-33-28-30-35-42-49-56-69(5)6/h68-73,78H,8-67H2,1-7H3,(H,83,84)(H,85,86)/t70?,71-,72-,73-/m1/s1. The van der Waals surface area contributed by atoms with Crippen molar-refractivity contribution in [2.45, 2.75) is 414 Å². The lowest BCUT2D eigenvalue weighted by Crippen LogP contribution is -2.30. The molecule has 96 heavy (non-hydrogen) atoms. The summed E-state index contributed by atoms with van der Waals surface area (Å²) < 4.78 is 68.6. The zero-order valence-corrected chi connectivity index (χ0v) is 64.6. The van der Waals surface area contributed by atoms with E-state index in [0.29, 0.717) is 25.7 Å². The first-order chi connectivity index (χ1) is 46.3. The molecule has 0 heterocycles. The summed E-state index contributed by atoms with van der Waals surface area (Å²) in [5.41, 5.74) is 0. The van der Waals surface area contributed by atoms with Crippen LogP contribution in [0.15, 0.2) is 0 Å². The molecule has 570 valence electrons. The van der Waals surface area contributed by atoms with Gasteiger partial charge in [-0.3, -0.25) is 37.3 Å². The Balaban J connectivity index is 5.24. The van der Waals surface area contributed by atoms with E-state index in [1.165, 1.54) is 199 Å². The van der Waals surface area contributed by atoms with Crippen LogP contribution in [0.25, 0.3) is 0 Å². The molecule has 0 rings (SSSR count). The van der Waals surface area contributed by atoms with Gasteiger partial charge in [0.05, 0.1) is 26.4 Å². The molecule has 6 atom stereocenters. The molecule has 0 aromatic carbocycles. The van der Waals surface area contributed by atoms with Gasteiger partial charge in [-0.1, -0.05) is 344 Å². The summed E-state index contributed by atoms with van der Waals surface area (Å²) in [5.74, 6) is 0.159. The van der Waals surface area contributed by atoms with Crippen molar-refractivity contribution < 1.29 is 80.2 Å². The first kappa shape index (κ1) is 94.1. The largest absolute Gasteiger partial charge is 0.472 e. The Kier molecular flexibility index (Phi) is 66.2. The highest BCUT2D eigenvalue weighted by Crippen LogP contribution is 2.45. The van der Waals surface area contributed by atoms with Gasteiger partial charge in [0.15, 0.2) is 12.2 Å². The molecule has 0 spiro atoms. The van der Waals surface area contributed by atoms with Crippen LogP contribution in [0.4, 0.5) is 0 Å². The molecule has 0 amide bonds. The number of phosphoric acid groups is 2. The summed E-state index contributed by atoms with van der Waals surface area (Å²) in [6.07, 6.45) is 54.2. The summed E-state index contributed by atoms with van der Waals surface area (Å²) in [5, 5.41) is 10.6. The number of esters is 4. The molecular formula is C77H150O17P2. The maximum atomic E-state index is 13.1. The molecule has 3 unspecified atom stereocenters. The van der Waals surface area contributed by atoms with E-state index in [4.69, 9.17) is 37.0 Å². The molecule has 17 nitrogen and oxygen atoms in total. The van der Waals surface area contributed by atoms with E-state index in [0.717, 1.165) is 114 Å². The Bertz CT molecular complexity index is 1870. The van der Waals surface area contributed by atoms with Crippen molar-refractivity contribution in [3.05, 3.63) is 0 Å². The second-order valence-electron chi connectivity index (χ2n) is 28.9. The van der Waals surface area contributed by atoms with Crippen LogP contribution >= 0.6 is 15.6 Å². The quantitative estimate of drug-likeness (QED) is 0.0222. The maximum absolute atomic E-state index is 13.1. The highest BCUT2D eigenvalue weighted by Gasteiger charge is 2.30. The van der Waals surface area contributed by atoms with Gasteiger partial charge in [0, 0.05) is 25.7 Å². The first-order valence-corrected chi connectivity index (χ1v) is 42.9. The van der Waals surface area contributed by atoms with E-state index < -0.39 is 97.5 Å². The van der Waals surface area contributed by atoms with Crippen LogP contribution in [0.1, 0.15) is 395 Å². The van der Waals surface area contributed by atoms with Gasteiger partial charge in [-0.2, -0.15) is 0 Å². The zero-order valence-electron chi connectivity index (χ0n) is 62.8. The summed E-state index contributed by atoms with van der Waals surface area (Å²) >= 11 is 0. The smallest absolute Gasteiger partial charge is 0.462 e. The Morgan fingerprint density at radius 3 is 0.792 bits per heavy atom. The molecule has 0 aliphatic rings. The molecular weight excluding hydrogens is 1260 g/mol. The van der Waals surface area contributed by atoms with E-state index >= 15 is 0 Å². The SMILES string of the molecule is CCCCCCCCCCCCCCCCCC(=O)OC[C@H](COP(=O)(O)OC[C@@H](O)COP(=O)(O)OC[C@@H](COC(=O)CCCCCCCCC(C)CC)OC(=O)CCCCCCCCCCCC(C)C)OC(=O)CCCCCCCCCCCCCCCCCCC(C)C. The molecule has 0 radical (unpaired) electrons. The van der Waals surface area contributed by atoms with Gasteiger partial charge in [0.25, 0.3) is 0 Å². The predicted molar refractivity (Wildman–Crippen MR) is 391 cm³/mol. The molecule has 19 heteroatoms. The molecule has 0 aromatic heterocycles. The van der Waals surface area contributed by atoms with Crippen LogP contribution in [0, 0.1) is 17.8 Å². The average Bonchev–Trinajstić information content (AvgIpc) is 1.54. The van der Waals surface area contributed by atoms with Gasteiger partial charge in [-0.15, -0.1) is 0 Å². The van der Waals surface area contributed by atoms with Gasteiger partial charge < -0.3 is 33.8 Å². The third kappa shape index (κ3) is 69.2. The van der Waals surface area contributed by atoms with Gasteiger partial charge in [-0.05, 0) is 43.4 Å². The number of carbonyl (C=O) groups excluding carboxylic acids is 4. The lowest BCUT2D eigenvalue weighted by atomic mass is 10.00. The van der Waals surface area contributed by atoms with E-state index in [9.17, 15) is 43.2 Å². The van der Waals surface area contributed by atoms with E-state index in [2.05, 4.69) is 48.5 Å². The molecule has 3 N–H and O–H groups in total. The van der Waals surface area contributed by atoms with Crippen molar-refractivity contribution in [3.63, 3.8) is 0 Å². The second kappa shape index (κ2) is 67.5. The number of phosphoric ester groups is 2. The van der Waals surface area contributed by atoms with Gasteiger partial charge >= 0.3 is 39.5 Å². The summed E-state index contributed by atoms with van der Waals surface area (Å²) in [4.78, 5) is 72.8. The summed E-state index contributed by atoms with van der Waals surface area (Å²) in [6.45, 7) is 11.9. The number of hydrogen-bond donors (Lipinski definition) is 3. The van der Waals surface area contributed by atoms with Crippen molar-refractivity contribution in [1.29, 1.82) is 0 Å².